The third-order valence-corrected chi connectivity index (χ3v) is 2.73. The van der Waals surface area contributed by atoms with Gasteiger partial charge in [-0.05, 0) is 12.1 Å². The Morgan fingerprint density at radius 2 is 2.40 bits per heavy atom. The second kappa shape index (κ2) is 4.20. The first-order chi connectivity index (χ1) is 7.18. The van der Waals surface area contributed by atoms with E-state index in [1.165, 1.54) is 0 Å². The van der Waals surface area contributed by atoms with Gasteiger partial charge in [0.1, 0.15) is 18.4 Å². The van der Waals surface area contributed by atoms with Gasteiger partial charge < -0.3 is 9.84 Å². The van der Waals surface area contributed by atoms with Crippen molar-refractivity contribution in [1.82, 2.24) is 5.32 Å². The Labute approximate surface area is 95.4 Å². The van der Waals surface area contributed by atoms with Crippen LogP contribution < -0.4 is 10.1 Å². The molecule has 0 amide bonds. The van der Waals surface area contributed by atoms with Crippen molar-refractivity contribution in [2.75, 3.05) is 13.2 Å². The maximum Gasteiger partial charge on any atom is 0.325 e. The Kier molecular flexibility index (Phi) is 2.93. The van der Waals surface area contributed by atoms with Crippen LogP contribution in [0.1, 0.15) is 11.6 Å². The van der Waals surface area contributed by atoms with Crippen LogP contribution >= 0.6 is 15.9 Å². The van der Waals surface area contributed by atoms with Gasteiger partial charge in [-0.2, -0.15) is 0 Å². The molecule has 1 atom stereocenters. The molecule has 0 bridgehead atoms. The Hall–Kier alpha value is -1.07. The molecular weight excluding hydrogens is 262 g/mol. The van der Waals surface area contributed by atoms with E-state index < -0.39 is 12.0 Å². The minimum absolute atomic E-state index is 0.479. The summed E-state index contributed by atoms with van der Waals surface area (Å²) in [5.41, 5.74) is 0.670. The zero-order chi connectivity index (χ0) is 10.8. The van der Waals surface area contributed by atoms with Crippen LogP contribution in [0.3, 0.4) is 0 Å². The zero-order valence-electron chi connectivity index (χ0n) is 7.87. The van der Waals surface area contributed by atoms with Crippen molar-refractivity contribution in [1.29, 1.82) is 0 Å². The monoisotopic (exact) mass is 271 g/mol. The van der Waals surface area contributed by atoms with E-state index in [0.717, 1.165) is 4.47 Å². The Bertz CT molecular complexity index is 394. The van der Waals surface area contributed by atoms with E-state index in [1.54, 1.807) is 12.1 Å². The Balaban J connectivity index is 2.45. The largest absolute Gasteiger partial charge is 0.492 e. The van der Waals surface area contributed by atoms with Crippen molar-refractivity contribution in [3.05, 3.63) is 28.2 Å². The minimum atomic E-state index is -0.885. The van der Waals surface area contributed by atoms with Gasteiger partial charge in [0, 0.05) is 16.6 Å². The number of hydrogen-bond donors (Lipinski definition) is 2. The molecule has 5 heteroatoms. The summed E-state index contributed by atoms with van der Waals surface area (Å²) in [7, 11) is 0. The van der Waals surface area contributed by atoms with Gasteiger partial charge in [0.05, 0.1) is 0 Å². The van der Waals surface area contributed by atoms with Crippen LogP contribution in [0, 0.1) is 0 Å². The highest BCUT2D eigenvalue weighted by atomic mass is 79.9. The molecule has 0 fully saturated rings. The van der Waals surface area contributed by atoms with Gasteiger partial charge >= 0.3 is 5.97 Å². The molecule has 0 radical (unpaired) electrons. The second-order valence-corrected chi connectivity index (χ2v) is 4.17. The number of halogens is 1. The molecule has 1 heterocycles. The first-order valence-electron chi connectivity index (χ1n) is 4.57. The molecule has 0 spiro atoms. The van der Waals surface area contributed by atoms with Crippen molar-refractivity contribution < 1.29 is 14.6 Å². The number of ether oxygens (including phenoxy) is 1. The lowest BCUT2D eigenvalue weighted by atomic mass is 10.1. The average Bonchev–Trinajstić information content (AvgIpc) is 2.38. The van der Waals surface area contributed by atoms with Crippen molar-refractivity contribution in [2.45, 2.75) is 6.04 Å². The number of aliphatic carboxylic acids is 1. The van der Waals surface area contributed by atoms with Crippen molar-refractivity contribution in [3.63, 3.8) is 0 Å². The zero-order valence-corrected chi connectivity index (χ0v) is 9.45. The molecule has 15 heavy (non-hydrogen) atoms. The normalized spacial score (nSPS) is 19.9. The van der Waals surface area contributed by atoms with Gasteiger partial charge in [0.15, 0.2) is 0 Å². The van der Waals surface area contributed by atoms with Crippen LogP contribution in [0.5, 0.6) is 5.75 Å². The summed E-state index contributed by atoms with van der Waals surface area (Å²) >= 11 is 3.33. The molecule has 1 aromatic rings. The van der Waals surface area contributed by atoms with Gasteiger partial charge in [-0.25, -0.2) is 0 Å². The predicted octanol–water partition coefficient (Wildman–Crippen LogP) is 1.56. The first-order valence-corrected chi connectivity index (χ1v) is 5.36. The van der Waals surface area contributed by atoms with E-state index in [0.29, 0.717) is 24.5 Å². The number of hydrogen-bond acceptors (Lipinski definition) is 3. The fraction of sp³-hybridized carbons (Fsp3) is 0.300. The fourth-order valence-corrected chi connectivity index (χ4v) is 1.91. The number of benzene rings is 1. The number of carboxylic acid groups (broad SMARTS) is 1. The topological polar surface area (TPSA) is 58.6 Å². The lowest BCUT2D eigenvalue weighted by Crippen LogP contribution is -2.29. The van der Waals surface area contributed by atoms with Crippen LogP contribution in [0.25, 0.3) is 0 Å². The van der Waals surface area contributed by atoms with Gasteiger partial charge in [0.2, 0.25) is 0 Å². The SMILES string of the molecule is O=C(O)C1NCCOc2cc(Br)ccc21. The summed E-state index contributed by atoms with van der Waals surface area (Å²) < 4.78 is 6.34. The molecule has 2 N–H and O–H groups in total. The molecule has 0 saturated carbocycles. The number of fused-ring (bicyclic) bond motifs is 1. The van der Waals surface area contributed by atoms with Gasteiger partial charge in [-0.1, -0.05) is 22.0 Å². The highest BCUT2D eigenvalue weighted by Crippen LogP contribution is 2.30. The number of carboxylic acids is 1. The summed E-state index contributed by atoms with van der Waals surface area (Å²) in [6.45, 7) is 1.01. The lowest BCUT2D eigenvalue weighted by Gasteiger charge is -2.12. The smallest absolute Gasteiger partial charge is 0.325 e. The van der Waals surface area contributed by atoms with E-state index in [-0.39, 0.29) is 0 Å². The van der Waals surface area contributed by atoms with Crippen molar-refractivity contribution >= 4 is 21.9 Å². The second-order valence-electron chi connectivity index (χ2n) is 3.26. The van der Waals surface area contributed by atoms with Crippen molar-refractivity contribution in [3.8, 4) is 5.75 Å². The molecule has 1 unspecified atom stereocenters. The molecule has 1 aliphatic heterocycles. The van der Waals surface area contributed by atoms with E-state index in [1.807, 2.05) is 6.07 Å². The number of carbonyl (C=O) groups is 1. The first kappa shape index (κ1) is 10.4. The van der Waals surface area contributed by atoms with E-state index >= 15 is 0 Å². The number of rotatable bonds is 1. The third-order valence-electron chi connectivity index (χ3n) is 2.24. The molecule has 1 aliphatic rings. The quantitative estimate of drug-likeness (QED) is 0.814. The maximum atomic E-state index is 11.0. The van der Waals surface area contributed by atoms with Crippen LogP contribution in [-0.2, 0) is 4.79 Å². The molecule has 0 saturated heterocycles. The third kappa shape index (κ3) is 2.13. The maximum absolute atomic E-state index is 11.0. The van der Waals surface area contributed by atoms with Crippen LogP contribution in [-0.4, -0.2) is 24.2 Å². The Morgan fingerprint density at radius 3 is 3.13 bits per heavy atom. The summed E-state index contributed by atoms with van der Waals surface area (Å²) in [4.78, 5) is 11.0. The number of nitrogens with one attached hydrogen (secondary N) is 1. The summed E-state index contributed by atoms with van der Waals surface area (Å²) in [6, 6.07) is 4.68. The molecule has 80 valence electrons. The fourth-order valence-electron chi connectivity index (χ4n) is 1.57. The Morgan fingerprint density at radius 1 is 1.60 bits per heavy atom. The molecule has 0 aromatic heterocycles. The van der Waals surface area contributed by atoms with Crippen LogP contribution in [0.15, 0.2) is 22.7 Å². The summed E-state index contributed by atoms with van der Waals surface area (Å²) in [5, 5.41) is 12.0. The van der Waals surface area contributed by atoms with Crippen LogP contribution in [0.4, 0.5) is 0 Å². The molecule has 0 aliphatic carbocycles. The van der Waals surface area contributed by atoms with Gasteiger partial charge in [0.25, 0.3) is 0 Å². The van der Waals surface area contributed by atoms with Crippen LogP contribution in [0.2, 0.25) is 0 Å². The summed E-state index contributed by atoms with van der Waals surface area (Å²) in [5.74, 6) is -0.258. The molecular formula is C10H10BrNO3. The van der Waals surface area contributed by atoms with E-state index in [4.69, 9.17) is 9.84 Å². The molecule has 4 nitrogen and oxygen atoms in total. The highest BCUT2D eigenvalue weighted by molar-refractivity contribution is 9.10. The molecule has 1 aromatic carbocycles. The molecule has 2 rings (SSSR count). The minimum Gasteiger partial charge on any atom is -0.492 e. The average molecular weight is 272 g/mol. The van der Waals surface area contributed by atoms with E-state index in [2.05, 4.69) is 21.2 Å². The van der Waals surface area contributed by atoms with E-state index in [9.17, 15) is 4.79 Å². The summed E-state index contributed by atoms with van der Waals surface area (Å²) in [6.07, 6.45) is 0. The predicted molar refractivity (Wildman–Crippen MR) is 58.0 cm³/mol. The lowest BCUT2D eigenvalue weighted by molar-refractivity contribution is -0.139. The van der Waals surface area contributed by atoms with Gasteiger partial charge in [-0.15, -0.1) is 0 Å². The van der Waals surface area contributed by atoms with Gasteiger partial charge in [-0.3, -0.25) is 10.1 Å². The highest BCUT2D eigenvalue weighted by Gasteiger charge is 2.25. The van der Waals surface area contributed by atoms with Crippen molar-refractivity contribution in [2.24, 2.45) is 0 Å². The standard InChI is InChI=1S/C10H10BrNO3/c11-6-1-2-7-8(5-6)15-4-3-12-9(7)10(13)14/h1-2,5,9,12H,3-4H2,(H,13,14).